The van der Waals surface area contributed by atoms with Crippen LogP contribution in [0.2, 0.25) is 0 Å². The van der Waals surface area contributed by atoms with E-state index in [1.807, 2.05) is 0 Å². The minimum Gasteiger partial charge on any atom is -0.311 e. The highest BCUT2D eigenvalue weighted by molar-refractivity contribution is 4.96. The van der Waals surface area contributed by atoms with Gasteiger partial charge in [0.2, 0.25) is 0 Å². The van der Waals surface area contributed by atoms with Crippen LogP contribution in [0.4, 0.5) is 0 Å². The summed E-state index contributed by atoms with van der Waals surface area (Å²) in [6.07, 6.45) is 9.28. The molecule has 1 N–H and O–H groups in total. The lowest BCUT2D eigenvalue weighted by molar-refractivity contribution is 0.201. The summed E-state index contributed by atoms with van der Waals surface area (Å²) in [6.45, 7) is 10.5. The molecule has 0 radical (unpaired) electrons. The Hall–Kier alpha value is -0.340. The van der Waals surface area contributed by atoms with E-state index in [-0.39, 0.29) is 0 Å². The number of likely N-dealkylation sites (tertiary alicyclic amines) is 1. The van der Waals surface area contributed by atoms with Crippen molar-refractivity contribution in [2.24, 2.45) is 5.92 Å². The molecule has 1 aliphatic carbocycles. The van der Waals surface area contributed by atoms with Crippen molar-refractivity contribution in [2.75, 3.05) is 19.6 Å². The molecule has 104 valence electrons. The maximum atomic E-state index is 3.91. The van der Waals surface area contributed by atoms with Crippen LogP contribution in [0.3, 0.4) is 0 Å². The van der Waals surface area contributed by atoms with E-state index in [0.717, 1.165) is 24.5 Å². The van der Waals surface area contributed by atoms with Crippen LogP contribution >= 0.6 is 0 Å². The van der Waals surface area contributed by atoms with Gasteiger partial charge in [-0.15, -0.1) is 0 Å². The summed E-state index contributed by atoms with van der Waals surface area (Å²) in [6, 6.07) is 1.58. The van der Waals surface area contributed by atoms with Crippen LogP contribution in [-0.2, 0) is 0 Å². The number of nitrogens with zero attached hydrogens (tertiary/aromatic N) is 1. The summed E-state index contributed by atoms with van der Waals surface area (Å²) >= 11 is 0. The first-order valence-corrected chi connectivity index (χ1v) is 7.77. The largest absolute Gasteiger partial charge is 0.311 e. The van der Waals surface area contributed by atoms with Gasteiger partial charge in [0.15, 0.2) is 0 Å². The second kappa shape index (κ2) is 6.72. The SMILES string of the molecule is CC(C)=CCN1CCC(NC2CCCC2C)CC1. The standard InChI is InChI=1S/C16H30N2/c1-13(2)7-10-18-11-8-15(9-12-18)17-16-6-4-5-14(16)3/h7,14-17H,4-6,8-12H2,1-3H3. The smallest absolute Gasteiger partial charge is 0.0165 e. The first-order valence-electron chi connectivity index (χ1n) is 7.77. The van der Waals surface area contributed by atoms with Crippen molar-refractivity contribution in [2.45, 2.75) is 65.0 Å². The predicted octanol–water partition coefficient (Wildman–Crippen LogP) is 3.20. The van der Waals surface area contributed by atoms with Crippen molar-refractivity contribution in [3.05, 3.63) is 11.6 Å². The third kappa shape index (κ3) is 4.10. The van der Waals surface area contributed by atoms with E-state index in [9.17, 15) is 0 Å². The Morgan fingerprint density at radius 1 is 1.17 bits per heavy atom. The monoisotopic (exact) mass is 250 g/mol. The normalized spacial score (nSPS) is 30.6. The Labute approximate surface area is 113 Å². The van der Waals surface area contributed by atoms with Crippen LogP contribution < -0.4 is 5.32 Å². The molecule has 2 fully saturated rings. The summed E-state index contributed by atoms with van der Waals surface area (Å²) in [4.78, 5) is 2.59. The van der Waals surface area contributed by atoms with E-state index in [2.05, 4.69) is 37.1 Å². The third-order valence-electron chi connectivity index (χ3n) is 4.66. The van der Waals surface area contributed by atoms with Crippen molar-refractivity contribution in [3.8, 4) is 0 Å². The lowest BCUT2D eigenvalue weighted by Crippen LogP contribution is -2.46. The topological polar surface area (TPSA) is 15.3 Å². The molecule has 1 saturated carbocycles. The molecule has 2 rings (SSSR count). The quantitative estimate of drug-likeness (QED) is 0.771. The molecule has 0 bridgehead atoms. The summed E-state index contributed by atoms with van der Waals surface area (Å²) < 4.78 is 0. The lowest BCUT2D eigenvalue weighted by Gasteiger charge is -2.34. The van der Waals surface area contributed by atoms with E-state index in [0.29, 0.717) is 0 Å². The summed E-state index contributed by atoms with van der Waals surface area (Å²) in [5, 5.41) is 3.91. The van der Waals surface area contributed by atoms with Crippen molar-refractivity contribution >= 4 is 0 Å². The fraction of sp³-hybridized carbons (Fsp3) is 0.875. The number of nitrogens with one attached hydrogen (secondary N) is 1. The Morgan fingerprint density at radius 3 is 2.44 bits per heavy atom. The average Bonchev–Trinajstić information content (AvgIpc) is 2.74. The zero-order valence-electron chi connectivity index (χ0n) is 12.4. The molecule has 1 aliphatic heterocycles. The van der Waals surface area contributed by atoms with Crippen molar-refractivity contribution in [1.82, 2.24) is 10.2 Å². The minimum atomic E-state index is 0.776. The molecule has 1 saturated heterocycles. The van der Waals surface area contributed by atoms with Crippen LogP contribution in [0.5, 0.6) is 0 Å². The van der Waals surface area contributed by atoms with E-state index in [1.54, 1.807) is 0 Å². The Balaban J connectivity index is 1.68. The molecule has 18 heavy (non-hydrogen) atoms. The molecule has 2 atom stereocenters. The predicted molar refractivity (Wildman–Crippen MR) is 78.8 cm³/mol. The first kappa shape index (κ1) is 14.1. The van der Waals surface area contributed by atoms with Crippen LogP contribution in [0.15, 0.2) is 11.6 Å². The summed E-state index contributed by atoms with van der Waals surface area (Å²) in [7, 11) is 0. The van der Waals surface area contributed by atoms with Gasteiger partial charge in [0.05, 0.1) is 0 Å². The van der Waals surface area contributed by atoms with Crippen molar-refractivity contribution in [3.63, 3.8) is 0 Å². The number of piperidine rings is 1. The second-order valence-electron chi connectivity index (χ2n) is 6.54. The van der Waals surface area contributed by atoms with Crippen LogP contribution in [0, 0.1) is 5.92 Å². The lowest BCUT2D eigenvalue weighted by atomic mass is 10.0. The third-order valence-corrected chi connectivity index (χ3v) is 4.66. The molecule has 2 heteroatoms. The van der Waals surface area contributed by atoms with Crippen molar-refractivity contribution < 1.29 is 0 Å². The van der Waals surface area contributed by atoms with Gasteiger partial charge in [-0.1, -0.05) is 25.0 Å². The zero-order chi connectivity index (χ0) is 13.0. The van der Waals surface area contributed by atoms with Gasteiger partial charge in [0.1, 0.15) is 0 Å². The number of hydrogen-bond acceptors (Lipinski definition) is 2. The van der Waals surface area contributed by atoms with Gasteiger partial charge < -0.3 is 5.32 Å². The van der Waals surface area contributed by atoms with E-state index < -0.39 is 0 Å². The van der Waals surface area contributed by atoms with Crippen LogP contribution in [-0.4, -0.2) is 36.6 Å². The molecular formula is C16H30N2. The Morgan fingerprint density at radius 2 is 1.89 bits per heavy atom. The minimum absolute atomic E-state index is 0.776. The maximum Gasteiger partial charge on any atom is 0.0165 e. The molecule has 0 aromatic heterocycles. The van der Waals surface area contributed by atoms with E-state index >= 15 is 0 Å². The van der Waals surface area contributed by atoms with Gasteiger partial charge in [-0.2, -0.15) is 0 Å². The van der Waals surface area contributed by atoms with Gasteiger partial charge in [-0.25, -0.2) is 0 Å². The van der Waals surface area contributed by atoms with Crippen LogP contribution in [0.1, 0.15) is 52.9 Å². The molecule has 0 aromatic rings. The molecule has 1 heterocycles. The molecular weight excluding hydrogens is 220 g/mol. The first-order chi connectivity index (χ1) is 8.65. The maximum absolute atomic E-state index is 3.91. The van der Waals surface area contributed by atoms with Gasteiger partial charge in [0, 0.05) is 18.6 Å². The van der Waals surface area contributed by atoms with E-state index in [4.69, 9.17) is 0 Å². The number of allylic oxidation sites excluding steroid dienone is 1. The average molecular weight is 250 g/mol. The molecule has 2 unspecified atom stereocenters. The van der Waals surface area contributed by atoms with Gasteiger partial charge in [0.25, 0.3) is 0 Å². The molecule has 2 aliphatic rings. The highest BCUT2D eigenvalue weighted by atomic mass is 15.1. The van der Waals surface area contributed by atoms with Gasteiger partial charge >= 0.3 is 0 Å². The fourth-order valence-electron chi connectivity index (χ4n) is 3.29. The molecule has 0 spiro atoms. The highest BCUT2D eigenvalue weighted by Crippen LogP contribution is 2.26. The number of rotatable bonds is 4. The fourth-order valence-corrected chi connectivity index (χ4v) is 3.29. The van der Waals surface area contributed by atoms with E-state index in [1.165, 1.54) is 50.8 Å². The number of hydrogen-bond donors (Lipinski definition) is 1. The van der Waals surface area contributed by atoms with Crippen molar-refractivity contribution in [1.29, 1.82) is 0 Å². The Bertz CT molecular complexity index is 273. The molecule has 0 amide bonds. The molecule has 0 aromatic carbocycles. The molecule has 2 nitrogen and oxygen atoms in total. The Kier molecular flexibility index (Phi) is 5.25. The van der Waals surface area contributed by atoms with Crippen LogP contribution in [0.25, 0.3) is 0 Å². The highest BCUT2D eigenvalue weighted by Gasteiger charge is 2.27. The van der Waals surface area contributed by atoms with Gasteiger partial charge in [-0.3, -0.25) is 4.90 Å². The second-order valence-corrected chi connectivity index (χ2v) is 6.54. The van der Waals surface area contributed by atoms with Gasteiger partial charge in [-0.05, 0) is 58.5 Å². The summed E-state index contributed by atoms with van der Waals surface area (Å²) in [5.41, 5.74) is 1.44. The zero-order valence-corrected chi connectivity index (χ0v) is 12.4. The summed E-state index contributed by atoms with van der Waals surface area (Å²) in [5.74, 6) is 0.897.